The summed E-state index contributed by atoms with van der Waals surface area (Å²) in [5, 5.41) is 3.18. The molecule has 1 N–H and O–H groups in total. The molecule has 1 rings (SSSR count). The van der Waals surface area contributed by atoms with Crippen molar-refractivity contribution in [3.8, 4) is 0 Å². The molecule has 1 aromatic heterocycles. The van der Waals surface area contributed by atoms with Crippen LogP contribution in [-0.4, -0.2) is 36.0 Å². The minimum absolute atomic E-state index is 0.253. The van der Waals surface area contributed by atoms with E-state index in [1.54, 1.807) is 12.4 Å². The minimum atomic E-state index is -0.282. The molecule has 0 radical (unpaired) electrons. The first-order valence-corrected chi connectivity index (χ1v) is 5.97. The summed E-state index contributed by atoms with van der Waals surface area (Å²) in [4.78, 5) is 14.7. The first-order valence-electron chi connectivity index (χ1n) is 5.05. The van der Waals surface area contributed by atoms with Crippen molar-refractivity contribution in [2.24, 2.45) is 0 Å². The Kier molecular flexibility index (Phi) is 6.03. The lowest BCUT2D eigenvalue weighted by molar-refractivity contribution is -0.139. The SMILES string of the molecule is COC(=O)C(Br)CNCCc1ccncc1. The van der Waals surface area contributed by atoms with Crippen LogP contribution >= 0.6 is 15.9 Å². The Morgan fingerprint density at radius 3 is 2.88 bits per heavy atom. The van der Waals surface area contributed by atoms with E-state index >= 15 is 0 Å². The molecule has 1 heterocycles. The highest BCUT2D eigenvalue weighted by Gasteiger charge is 2.13. The van der Waals surface area contributed by atoms with E-state index in [1.165, 1.54) is 12.7 Å². The number of carbonyl (C=O) groups excluding carboxylic acids is 1. The largest absolute Gasteiger partial charge is 0.468 e. The zero-order chi connectivity index (χ0) is 11.8. The van der Waals surface area contributed by atoms with E-state index in [9.17, 15) is 4.79 Å². The lowest BCUT2D eigenvalue weighted by Crippen LogP contribution is -2.30. The standard InChI is InChI=1S/C11H15BrN2O2/c1-16-11(15)10(12)8-14-7-4-9-2-5-13-6-3-9/h2-3,5-6,10,14H,4,7-8H2,1H3. The third-order valence-corrected chi connectivity index (χ3v) is 2.82. The molecule has 0 bridgehead atoms. The highest BCUT2D eigenvalue weighted by Crippen LogP contribution is 2.00. The maximum atomic E-state index is 11.1. The second-order valence-corrected chi connectivity index (χ2v) is 4.41. The average molecular weight is 287 g/mol. The van der Waals surface area contributed by atoms with Crippen LogP contribution in [0, 0.1) is 0 Å². The van der Waals surface area contributed by atoms with Gasteiger partial charge in [-0.25, -0.2) is 0 Å². The van der Waals surface area contributed by atoms with E-state index in [4.69, 9.17) is 0 Å². The number of methoxy groups -OCH3 is 1. The number of hydrogen-bond acceptors (Lipinski definition) is 4. The van der Waals surface area contributed by atoms with Crippen molar-refractivity contribution < 1.29 is 9.53 Å². The van der Waals surface area contributed by atoms with Crippen LogP contribution in [0.5, 0.6) is 0 Å². The van der Waals surface area contributed by atoms with Gasteiger partial charge >= 0.3 is 5.97 Å². The average Bonchev–Trinajstić information content (AvgIpc) is 2.34. The number of halogens is 1. The van der Waals surface area contributed by atoms with Crippen LogP contribution < -0.4 is 5.32 Å². The molecule has 16 heavy (non-hydrogen) atoms. The van der Waals surface area contributed by atoms with Gasteiger partial charge in [0.15, 0.2) is 0 Å². The predicted molar refractivity (Wildman–Crippen MR) is 65.5 cm³/mol. The Labute approximate surface area is 104 Å². The summed E-state index contributed by atoms with van der Waals surface area (Å²) in [5.74, 6) is -0.253. The number of alkyl halides is 1. The molecule has 88 valence electrons. The summed E-state index contributed by atoms with van der Waals surface area (Å²) in [6.45, 7) is 1.39. The van der Waals surface area contributed by atoms with Crippen LogP contribution in [0.4, 0.5) is 0 Å². The van der Waals surface area contributed by atoms with Gasteiger partial charge in [0.05, 0.1) is 7.11 Å². The third kappa shape index (κ3) is 4.72. The van der Waals surface area contributed by atoms with Crippen LogP contribution in [-0.2, 0) is 16.0 Å². The minimum Gasteiger partial charge on any atom is -0.468 e. The number of esters is 1. The number of rotatable bonds is 6. The van der Waals surface area contributed by atoms with Gasteiger partial charge in [0.1, 0.15) is 4.83 Å². The molecule has 1 unspecified atom stereocenters. The van der Waals surface area contributed by atoms with Crippen molar-refractivity contribution in [2.45, 2.75) is 11.2 Å². The van der Waals surface area contributed by atoms with Crippen LogP contribution in [0.2, 0.25) is 0 Å². The molecule has 0 saturated carbocycles. The van der Waals surface area contributed by atoms with Gasteiger partial charge in [0, 0.05) is 18.9 Å². The summed E-state index contributed by atoms with van der Waals surface area (Å²) in [6.07, 6.45) is 4.47. The zero-order valence-electron chi connectivity index (χ0n) is 9.15. The fourth-order valence-corrected chi connectivity index (χ4v) is 1.64. The molecule has 0 fully saturated rings. The van der Waals surface area contributed by atoms with Crippen molar-refractivity contribution >= 4 is 21.9 Å². The molecule has 5 heteroatoms. The highest BCUT2D eigenvalue weighted by atomic mass is 79.9. The normalized spacial score (nSPS) is 12.1. The lowest BCUT2D eigenvalue weighted by Gasteiger charge is -2.08. The molecule has 0 saturated heterocycles. The molecular formula is C11H15BrN2O2. The first-order chi connectivity index (χ1) is 7.74. The predicted octanol–water partition coefficient (Wildman–Crippen LogP) is 1.15. The fraction of sp³-hybridized carbons (Fsp3) is 0.455. The Morgan fingerprint density at radius 2 is 2.25 bits per heavy atom. The van der Waals surface area contributed by atoms with Gasteiger partial charge in [0.25, 0.3) is 0 Å². The fourth-order valence-electron chi connectivity index (χ4n) is 1.22. The Bertz CT molecular complexity index is 319. The van der Waals surface area contributed by atoms with Gasteiger partial charge < -0.3 is 10.1 Å². The van der Waals surface area contributed by atoms with Crippen LogP contribution in [0.3, 0.4) is 0 Å². The number of aromatic nitrogens is 1. The van der Waals surface area contributed by atoms with E-state index in [2.05, 4.69) is 31.0 Å². The monoisotopic (exact) mass is 286 g/mol. The summed E-state index contributed by atoms with van der Waals surface area (Å²) < 4.78 is 4.59. The highest BCUT2D eigenvalue weighted by molar-refractivity contribution is 9.10. The Balaban J connectivity index is 2.15. The van der Waals surface area contributed by atoms with Gasteiger partial charge in [-0.3, -0.25) is 9.78 Å². The first kappa shape index (κ1) is 13.1. The molecule has 1 atom stereocenters. The Morgan fingerprint density at radius 1 is 1.56 bits per heavy atom. The molecular weight excluding hydrogens is 272 g/mol. The van der Waals surface area contributed by atoms with Crippen molar-refractivity contribution in [2.75, 3.05) is 20.2 Å². The van der Waals surface area contributed by atoms with Gasteiger partial charge in [-0.15, -0.1) is 0 Å². The molecule has 0 spiro atoms. The molecule has 0 aromatic carbocycles. The smallest absolute Gasteiger partial charge is 0.320 e. The van der Waals surface area contributed by atoms with Gasteiger partial charge in [0.2, 0.25) is 0 Å². The van der Waals surface area contributed by atoms with E-state index < -0.39 is 0 Å². The molecule has 0 aliphatic heterocycles. The number of hydrogen-bond donors (Lipinski definition) is 1. The van der Waals surface area contributed by atoms with Gasteiger partial charge in [-0.05, 0) is 30.7 Å². The zero-order valence-corrected chi connectivity index (χ0v) is 10.7. The topological polar surface area (TPSA) is 51.2 Å². The number of nitrogens with one attached hydrogen (secondary N) is 1. The summed E-state index contributed by atoms with van der Waals surface area (Å²) in [7, 11) is 1.38. The van der Waals surface area contributed by atoms with Gasteiger partial charge in [-0.1, -0.05) is 15.9 Å². The molecule has 1 aromatic rings. The van der Waals surface area contributed by atoms with Crippen LogP contribution in [0.15, 0.2) is 24.5 Å². The van der Waals surface area contributed by atoms with E-state index in [0.29, 0.717) is 6.54 Å². The molecule has 4 nitrogen and oxygen atoms in total. The van der Waals surface area contributed by atoms with Crippen molar-refractivity contribution in [1.29, 1.82) is 0 Å². The summed E-state index contributed by atoms with van der Waals surface area (Å²) >= 11 is 3.24. The molecule has 0 amide bonds. The summed E-state index contributed by atoms with van der Waals surface area (Å²) in [6, 6.07) is 3.96. The number of carbonyl (C=O) groups is 1. The van der Waals surface area contributed by atoms with Crippen molar-refractivity contribution in [1.82, 2.24) is 10.3 Å². The number of ether oxygens (including phenoxy) is 1. The van der Waals surface area contributed by atoms with E-state index in [1.807, 2.05) is 12.1 Å². The molecule has 0 aliphatic rings. The quantitative estimate of drug-likeness (QED) is 0.484. The third-order valence-electron chi connectivity index (χ3n) is 2.12. The molecule has 0 aliphatic carbocycles. The van der Waals surface area contributed by atoms with Gasteiger partial charge in [-0.2, -0.15) is 0 Å². The van der Waals surface area contributed by atoms with Crippen molar-refractivity contribution in [3.05, 3.63) is 30.1 Å². The maximum absolute atomic E-state index is 11.1. The summed E-state index contributed by atoms with van der Waals surface area (Å²) in [5.41, 5.74) is 1.23. The van der Waals surface area contributed by atoms with Crippen LogP contribution in [0.1, 0.15) is 5.56 Å². The van der Waals surface area contributed by atoms with E-state index in [-0.39, 0.29) is 10.8 Å². The number of nitrogens with zero attached hydrogens (tertiary/aromatic N) is 1. The lowest BCUT2D eigenvalue weighted by atomic mass is 10.2. The maximum Gasteiger partial charge on any atom is 0.320 e. The second kappa shape index (κ2) is 7.35. The second-order valence-electron chi connectivity index (χ2n) is 3.30. The Hall–Kier alpha value is -0.940. The van der Waals surface area contributed by atoms with E-state index in [0.717, 1.165) is 13.0 Å². The number of pyridine rings is 1. The van der Waals surface area contributed by atoms with Crippen molar-refractivity contribution in [3.63, 3.8) is 0 Å². The van der Waals surface area contributed by atoms with Crippen LogP contribution in [0.25, 0.3) is 0 Å².